The van der Waals surface area contributed by atoms with Crippen LogP contribution in [0.2, 0.25) is 0 Å². The number of hydrogen-bond donors (Lipinski definition) is 0. The Morgan fingerprint density at radius 3 is 2.50 bits per heavy atom. The van der Waals surface area contributed by atoms with E-state index in [9.17, 15) is 13.2 Å². The highest BCUT2D eigenvalue weighted by molar-refractivity contribution is 5.85. The largest absolute Gasteiger partial charge is 0.396 e. The van der Waals surface area contributed by atoms with Crippen LogP contribution in [-0.2, 0) is 6.42 Å². The van der Waals surface area contributed by atoms with Gasteiger partial charge in [0.25, 0.3) is 0 Å². The van der Waals surface area contributed by atoms with Crippen LogP contribution in [0.4, 0.5) is 13.2 Å². The summed E-state index contributed by atoms with van der Waals surface area (Å²) in [6.07, 6.45) is -3.94. The summed E-state index contributed by atoms with van der Waals surface area (Å²) in [5, 5.41) is 0.739. The molecular formula is C10H8ClF3N2. The van der Waals surface area contributed by atoms with Crippen molar-refractivity contribution in [3.63, 3.8) is 0 Å². The van der Waals surface area contributed by atoms with Crippen LogP contribution in [0, 0.1) is 0 Å². The molecule has 2 aromatic rings. The fraction of sp³-hybridized carbons (Fsp3) is 0.200. The Balaban J connectivity index is 0.00000128. The summed E-state index contributed by atoms with van der Waals surface area (Å²) >= 11 is 0. The highest BCUT2D eigenvalue weighted by Gasteiger charge is 2.29. The number of rotatable bonds is 1. The van der Waals surface area contributed by atoms with Crippen LogP contribution in [0.25, 0.3) is 10.9 Å². The van der Waals surface area contributed by atoms with Crippen LogP contribution in [-0.4, -0.2) is 16.1 Å². The highest BCUT2D eigenvalue weighted by Crippen LogP contribution is 2.20. The lowest BCUT2D eigenvalue weighted by atomic mass is 10.2. The van der Waals surface area contributed by atoms with Gasteiger partial charge in [0.05, 0.1) is 5.52 Å². The van der Waals surface area contributed by atoms with Crippen molar-refractivity contribution < 1.29 is 13.2 Å². The third-order valence-electron chi connectivity index (χ3n) is 1.90. The maximum Gasteiger partial charge on any atom is 0.396 e. The first kappa shape index (κ1) is 12.7. The number of fused-ring (bicyclic) bond motifs is 1. The van der Waals surface area contributed by atoms with E-state index in [-0.39, 0.29) is 18.2 Å². The van der Waals surface area contributed by atoms with E-state index in [4.69, 9.17) is 0 Å². The molecule has 0 unspecified atom stereocenters. The molecule has 0 bridgehead atoms. The molecule has 1 aromatic carbocycles. The third kappa shape index (κ3) is 3.06. The van der Waals surface area contributed by atoms with Gasteiger partial charge in [-0.3, -0.25) is 0 Å². The second-order valence-corrected chi connectivity index (χ2v) is 3.14. The quantitative estimate of drug-likeness (QED) is 0.775. The van der Waals surface area contributed by atoms with Crippen LogP contribution in [0.1, 0.15) is 5.82 Å². The minimum Gasteiger partial charge on any atom is -0.240 e. The van der Waals surface area contributed by atoms with Gasteiger partial charge in [0.1, 0.15) is 12.2 Å². The summed E-state index contributed by atoms with van der Waals surface area (Å²) in [6, 6.07) is 6.94. The fourth-order valence-corrected chi connectivity index (χ4v) is 1.27. The Labute approximate surface area is 95.9 Å². The molecule has 0 radical (unpaired) electrons. The average molecular weight is 249 g/mol. The van der Waals surface area contributed by atoms with E-state index >= 15 is 0 Å². The van der Waals surface area contributed by atoms with E-state index in [1.807, 2.05) is 0 Å². The van der Waals surface area contributed by atoms with Gasteiger partial charge in [0.2, 0.25) is 0 Å². The van der Waals surface area contributed by atoms with E-state index in [0.717, 1.165) is 5.39 Å². The number of hydrogen-bond acceptors (Lipinski definition) is 2. The van der Waals surface area contributed by atoms with Gasteiger partial charge in [-0.05, 0) is 6.07 Å². The van der Waals surface area contributed by atoms with Crippen molar-refractivity contribution in [1.29, 1.82) is 0 Å². The van der Waals surface area contributed by atoms with Gasteiger partial charge in [0, 0.05) is 11.6 Å². The normalized spacial score (nSPS) is 11.2. The van der Waals surface area contributed by atoms with Crippen LogP contribution in [0.3, 0.4) is 0 Å². The summed E-state index contributed by atoms with van der Waals surface area (Å²) in [4.78, 5) is 7.49. The number of aromatic nitrogens is 2. The predicted molar refractivity (Wildman–Crippen MR) is 56.5 cm³/mol. The van der Waals surface area contributed by atoms with E-state index in [1.54, 1.807) is 24.3 Å². The molecule has 0 atom stereocenters. The minimum atomic E-state index is -4.26. The maximum atomic E-state index is 12.1. The zero-order valence-electron chi connectivity index (χ0n) is 8.03. The first-order valence-electron chi connectivity index (χ1n) is 4.32. The van der Waals surface area contributed by atoms with Gasteiger partial charge < -0.3 is 0 Å². The maximum absolute atomic E-state index is 12.1. The monoisotopic (exact) mass is 248 g/mol. The Bertz CT molecular complexity index is 485. The summed E-state index contributed by atoms with van der Waals surface area (Å²) in [5.41, 5.74) is 0.534. The smallest absolute Gasteiger partial charge is 0.240 e. The van der Waals surface area contributed by atoms with Gasteiger partial charge in [0.15, 0.2) is 0 Å². The molecule has 86 valence electrons. The molecule has 0 saturated carbocycles. The van der Waals surface area contributed by atoms with E-state index < -0.39 is 12.6 Å². The number of para-hydroxylation sites is 1. The fourth-order valence-electron chi connectivity index (χ4n) is 1.27. The lowest BCUT2D eigenvalue weighted by Gasteiger charge is -2.05. The molecule has 16 heavy (non-hydrogen) atoms. The second kappa shape index (κ2) is 4.65. The number of halogens is 4. The van der Waals surface area contributed by atoms with Crippen molar-refractivity contribution in [2.24, 2.45) is 0 Å². The van der Waals surface area contributed by atoms with Crippen LogP contribution < -0.4 is 0 Å². The second-order valence-electron chi connectivity index (χ2n) is 3.14. The molecule has 0 amide bonds. The number of alkyl halides is 3. The molecule has 0 N–H and O–H groups in total. The first-order valence-corrected chi connectivity index (χ1v) is 4.32. The summed E-state index contributed by atoms with van der Waals surface area (Å²) in [6.45, 7) is 0. The minimum absolute atomic E-state index is 0. The lowest BCUT2D eigenvalue weighted by Crippen LogP contribution is -2.14. The molecule has 6 heteroatoms. The standard InChI is InChI=1S/C10H7F3N2.ClH/c11-10(12,13)5-9-14-6-7-3-1-2-4-8(7)15-9;/h1-4,6H,5H2;1H. The molecule has 0 aliphatic rings. The highest BCUT2D eigenvalue weighted by atomic mass is 35.5. The van der Waals surface area contributed by atoms with Gasteiger partial charge in [-0.2, -0.15) is 13.2 Å². The summed E-state index contributed by atoms with van der Waals surface area (Å²) < 4.78 is 36.2. The molecule has 0 fully saturated rings. The van der Waals surface area contributed by atoms with E-state index in [0.29, 0.717) is 5.52 Å². The lowest BCUT2D eigenvalue weighted by molar-refractivity contribution is -0.128. The van der Waals surface area contributed by atoms with Crippen LogP contribution >= 0.6 is 12.4 Å². The van der Waals surface area contributed by atoms with Crippen molar-refractivity contribution >= 4 is 23.3 Å². The van der Waals surface area contributed by atoms with Crippen molar-refractivity contribution in [1.82, 2.24) is 9.97 Å². The Morgan fingerprint density at radius 1 is 1.12 bits per heavy atom. The van der Waals surface area contributed by atoms with Crippen LogP contribution in [0.5, 0.6) is 0 Å². The van der Waals surface area contributed by atoms with Crippen molar-refractivity contribution in [3.05, 3.63) is 36.3 Å². The van der Waals surface area contributed by atoms with Gasteiger partial charge in [-0.15, -0.1) is 12.4 Å². The molecule has 0 saturated heterocycles. The molecule has 2 rings (SSSR count). The zero-order chi connectivity index (χ0) is 10.9. The summed E-state index contributed by atoms with van der Waals surface area (Å²) in [7, 11) is 0. The van der Waals surface area contributed by atoms with E-state index in [1.165, 1.54) is 6.20 Å². The van der Waals surface area contributed by atoms with E-state index in [2.05, 4.69) is 9.97 Å². The van der Waals surface area contributed by atoms with Gasteiger partial charge in [-0.1, -0.05) is 18.2 Å². The van der Waals surface area contributed by atoms with Gasteiger partial charge in [-0.25, -0.2) is 9.97 Å². The Morgan fingerprint density at radius 2 is 1.81 bits per heavy atom. The average Bonchev–Trinajstić information content (AvgIpc) is 2.15. The molecule has 0 aliphatic heterocycles. The van der Waals surface area contributed by atoms with Crippen molar-refractivity contribution in [2.75, 3.05) is 0 Å². The molecule has 1 heterocycles. The van der Waals surface area contributed by atoms with Crippen LogP contribution in [0.15, 0.2) is 30.5 Å². The Hall–Kier alpha value is -1.36. The van der Waals surface area contributed by atoms with Crippen molar-refractivity contribution in [2.45, 2.75) is 12.6 Å². The number of benzene rings is 1. The Kier molecular flexibility index (Phi) is 3.70. The predicted octanol–water partition coefficient (Wildman–Crippen LogP) is 3.16. The molecule has 2 nitrogen and oxygen atoms in total. The van der Waals surface area contributed by atoms with Crippen molar-refractivity contribution in [3.8, 4) is 0 Å². The zero-order valence-corrected chi connectivity index (χ0v) is 8.85. The summed E-state index contributed by atoms with van der Waals surface area (Å²) in [5.74, 6) is -0.193. The topological polar surface area (TPSA) is 25.8 Å². The number of nitrogens with zero attached hydrogens (tertiary/aromatic N) is 2. The third-order valence-corrected chi connectivity index (χ3v) is 1.90. The molecule has 1 aromatic heterocycles. The first-order chi connectivity index (χ1) is 7.04. The SMILES string of the molecule is Cl.FC(F)(F)Cc1ncc2ccccc2n1. The van der Waals surface area contributed by atoms with Gasteiger partial charge >= 0.3 is 6.18 Å². The molecule has 0 aliphatic carbocycles. The molecular weight excluding hydrogens is 241 g/mol. The molecule has 0 spiro atoms.